The molecule has 0 unspecified atom stereocenters. The minimum absolute atomic E-state index is 0.411. The Morgan fingerprint density at radius 2 is 2.00 bits per heavy atom. The molecular weight excluding hydrogens is 228 g/mol. The molecule has 1 nitrogen and oxygen atoms in total. The van der Waals surface area contributed by atoms with Crippen LogP contribution in [0.5, 0.6) is 5.75 Å². The molecule has 0 aromatic heterocycles. The third-order valence-electron chi connectivity index (χ3n) is 2.20. The van der Waals surface area contributed by atoms with Crippen molar-refractivity contribution in [3.05, 3.63) is 27.7 Å². The van der Waals surface area contributed by atoms with E-state index < -0.39 is 0 Å². The van der Waals surface area contributed by atoms with Gasteiger partial charge in [-0.3, -0.25) is 0 Å². The molecule has 0 fully saturated rings. The van der Waals surface area contributed by atoms with Crippen molar-refractivity contribution in [1.29, 1.82) is 0 Å². The second kappa shape index (κ2) is 4.14. The lowest BCUT2D eigenvalue weighted by molar-refractivity contribution is 0.467. The number of rotatable bonds is 2. The van der Waals surface area contributed by atoms with Gasteiger partial charge in [-0.05, 0) is 35.6 Å². The van der Waals surface area contributed by atoms with Gasteiger partial charge in [-0.25, -0.2) is 0 Å². The molecule has 0 amide bonds. The van der Waals surface area contributed by atoms with Crippen LogP contribution in [-0.4, -0.2) is 5.11 Å². The third-order valence-corrected chi connectivity index (χ3v) is 2.89. The Balaban J connectivity index is 3.20. The Hall–Kier alpha value is -0.500. The molecule has 1 N–H and O–H groups in total. The Labute approximate surface area is 87.9 Å². The monoisotopic (exact) mass is 242 g/mol. The largest absolute Gasteiger partial charge is 0.508 e. The summed E-state index contributed by atoms with van der Waals surface area (Å²) >= 11 is 3.51. The summed E-state index contributed by atoms with van der Waals surface area (Å²) in [5.74, 6) is 0.848. The minimum atomic E-state index is 0.411. The number of hydrogen-bond donors (Lipinski definition) is 1. The van der Waals surface area contributed by atoms with Gasteiger partial charge < -0.3 is 5.11 Å². The summed E-state index contributed by atoms with van der Waals surface area (Å²) < 4.78 is 1.09. The fraction of sp³-hybridized carbons (Fsp3) is 0.455. The Morgan fingerprint density at radius 1 is 1.38 bits per heavy atom. The van der Waals surface area contributed by atoms with Gasteiger partial charge in [0.25, 0.3) is 0 Å². The van der Waals surface area contributed by atoms with E-state index in [1.807, 2.05) is 19.1 Å². The van der Waals surface area contributed by atoms with Crippen LogP contribution in [-0.2, 0) is 6.42 Å². The van der Waals surface area contributed by atoms with Crippen LogP contribution in [0.2, 0.25) is 0 Å². The van der Waals surface area contributed by atoms with E-state index in [1.54, 1.807) is 0 Å². The summed E-state index contributed by atoms with van der Waals surface area (Å²) in [6.07, 6.45) is 0.864. The molecule has 2 heteroatoms. The first kappa shape index (κ1) is 10.6. The molecule has 0 saturated heterocycles. The number of aromatic hydroxyl groups is 1. The molecule has 1 rings (SSSR count). The number of benzene rings is 1. The molecule has 0 saturated carbocycles. The third kappa shape index (κ3) is 2.25. The highest BCUT2D eigenvalue weighted by Crippen LogP contribution is 2.31. The fourth-order valence-electron chi connectivity index (χ4n) is 1.34. The first-order chi connectivity index (χ1) is 6.06. The van der Waals surface area contributed by atoms with Crippen molar-refractivity contribution in [2.24, 2.45) is 0 Å². The topological polar surface area (TPSA) is 20.2 Å². The molecule has 0 atom stereocenters. The molecule has 0 radical (unpaired) electrons. The second-order valence-corrected chi connectivity index (χ2v) is 4.37. The molecule has 0 aliphatic carbocycles. The van der Waals surface area contributed by atoms with Crippen LogP contribution in [0.1, 0.15) is 37.8 Å². The van der Waals surface area contributed by atoms with Crippen LogP contribution in [0, 0.1) is 0 Å². The molecule has 0 aliphatic heterocycles. The zero-order valence-electron chi connectivity index (χ0n) is 8.26. The van der Waals surface area contributed by atoms with E-state index in [0.717, 1.165) is 22.0 Å². The summed E-state index contributed by atoms with van der Waals surface area (Å²) in [6, 6.07) is 3.86. The standard InChI is InChI=1S/C11H15BrO/c1-4-8-5-10(12)9(7(2)3)6-11(8)13/h5-7,13H,4H2,1-3H3. The number of phenolic OH excluding ortho intramolecular Hbond substituents is 1. The number of halogens is 1. The highest BCUT2D eigenvalue weighted by Gasteiger charge is 2.08. The van der Waals surface area contributed by atoms with Crippen LogP contribution in [0.4, 0.5) is 0 Å². The summed E-state index contributed by atoms with van der Waals surface area (Å²) in [7, 11) is 0. The smallest absolute Gasteiger partial charge is 0.119 e. The Kier molecular flexibility index (Phi) is 3.37. The predicted molar refractivity (Wildman–Crippen MR) is 59.3 cm³/mol. The van der Waals surface area contributed by atoms with Crippen LogP contribution < -0.4 is 0 Å². The minimum Gasteiger partial charge on any atom is -0.508 e. The van der Waals surface area contributed by atoms with E-state index in [2.05, 4.69) is 29.8 Å². The molecule has 0 bridgehead atoms. The van der Waals surface area contributed by atoms with E-state index in [4.69, 9.17) is 0 Å². The number of aryl methyl sites for hydroxylation is 1. The fourth-order valence-corrected chi connectivity index (χ4v) is 2.19. The van der Waals surface area contributed by atoms with E-state index in [0.29, 0.717) is 11.7 Å². The maximum Gasteiger partial charge on any atom is 0.119 e. The average Bonchev–Trinajstić information content (AvgIpc) is 2.07. The summed E-state index contributed by atoms with van der Waals surface area (Å²) in [6.45, 7) is 6.27. The maximum absolute atomic E-state index is 9.64. The maximum atomic E-state index is 9.64. The zero-order chi connectivity index (χ0) is 10.0. The lowest BCUT2D eigenvalue weighted by Crippen LogP contribution is -1.91. The first-order valence-corrected chi connectivity index (χ1v) is 5.36. The van der Waals surface area contributed by atoms with Crippen molar-refractivity contribution in [2.75, 3.05) is 0 Å². The molecule has 0 heterocycles. The van der Waals surface area contributed by atoms with Crippen LogP contribution in [0.15, 0.2) is 16.6 Å². The molecule has 13 heavy (non-hydrogen) atoms. The van der Waals surface area contributed by atoms with E-state index in [-0.39, 0.29) is 0 Å². The van der Waals surface area contributed by atoms with Crippen molar-refractivity contribution in [1.82, 2.24) is 0 Å². The van der Waals surface area contributed by atoms with Crippen molar-refractivity contribution in [3.8, 4) is 5.75 Å². The molecule has 72 valence electrons. The van der Waals surface area contributed by atoms with Gasteiger partial charge in [0.15, 0.2) is 0 Å². The van der Waals surface area contributed by atoms with Gasteiger partial charge >= 0.3 is 0 Å². The molecule has 0 spiro atoms. The van der Waals surface area contributed by atoms with E-state index in [1.165, 1.54) is 0 Å². The van der Waals surface area contributed by atoms with Gasteiger partial charge in [0, 0.05) is 4.47 Å². The van der Waals surface area contributed by atoms with Gasteiger partial charge in [-0.1, -0.05) is 36.7 Å². The average molecular weight is 243 g/mol. The predicted octanol–water partition coefficient (Wildman–Crippen LogP) is 3.84. The van der Waals surface area contributed by atoms with Crippen molar-refractivity contribution >= 4 is 15.9 Å². The van der Waals surface area contributed by atoms with Crippen LogP contribution in [0.3, 0.4) is 0 Å². The van der Waals surface area contributed by atoms with Crippen molar-refractivity contribution in [2.45, 2.75) is 33.1 Å². The number of hydrogen-bond acceptors (Lipinski definition) is 1. The van der Waals surface area contributed by atoms with Crippen LogP contribution >= 0.6 is 15.9 Å². The van der Waals surface area contributed by atoms with Gasteiger partial charge in [0.05, 0.1) is 0 Å². The summed E-state index contributed by atoms with van der Waals surface area (Å²) in [5.41, 5.74) is 2.16. The van der Waals surface area contributed by atoms with Crippen molar-refractivity contribution in [3.63, 3.8) is 0 Å². The Bertz CT molecular complexity index is 305. The van der Waals surface area contributed by atoms with E-state index in [9.17, 15) is 5.11 Å². The van der Waals surface area contributed by atoms with E-state index >= 15 is 0 Å². The lowest BCUT2D eigenvalue weighted by atomic mass is 10.0. The van der Waals surface area contributed by atoms with Crippen molar-refractivity contribution < 1.29 is 5.11 Å². The van der Waals surface area contributed by atoms with Gasteiger partial charge in [-0.15, -0.1) is 0 Å². The normalized spacial score (nSPS) is 10.8. The molecular formula is C11H15BrO. The number of phenols is 1. The highest BCUT2D eigenvalue weighted by atomic mass is 79.9. The quantitative estimate of drug-likeness (QED) is 0.836. The lowest BCUT2D eigenvalue weighted by Gasteiger charge is -2.11. The SMILES string of the molecule is CCc1cc(Br)c(C(C)C)cc1O. The van der Waals surface area contributed by atoms with Gasteiger partial charge in [0.2, 0.25) is 0 Å². The van der Waals surface area contributed by atoms with Gasteiger partial charge in [-0.2, -0.15) is 0 Å². The molecule has 0 aliphatic rings. The van der Waals surface area contributed by atoms with Crippen LogP contribution in [0.25, 0.3) is 0 Å². The summed E-state index contributed by atoms with van der Waals surface area (Å²) in [5, 5.41) is 9.64. The molecule has 1 aromatic carbocycles. The first-order valence-electron chi connectivity index (χ1n) is 4.57. The second-order valence-electron chi connectivity index (χ2n) is 3.51. The molecule has 1 aromatic rings. The summed E-state index contributed by atoms with van der Waals surface area (Å²) in [4.78, 5) is 0. The zero-order valence-corrected chi connectivity index (χ0v) is 9.85. The highest BCUT2D eigenvalue weighted by molar-refractivity contribution is 9.10. The van der Waals surface area contributed by atoms with Gasteiger partial charge in [0.1, 0.15) is 5.75 Å². The Morgan fingerprint density at radius 3 is 2.46 bits per heavy atom.